The first-order valence-corrected chi connectivity index (χ1v) is 11.0. The van der Waals surface area contributed by atoms with Gasteiger partial charge in [-0.25, -0.2) is 0 Å². The molecule has 4 heteroatoms. The third kappa shape index (κ3) is 5.46. The second kappa shape index (κ2) is 9.55. The molecule has 4 rings (SSSR count). The summed E-state index contributed by atoms with van der Waals surface area (Å²) < 4.78 is 0. The van der Waals surface area contributed by atoms with Crippen LogP contribution in [0.4, 0.5) is 0 Å². The molecule has 4 nitrogen and oxygen atoms in total. The Hall–Kier alpha value is -2.17. The maximum Gasteiger partial charge on any atom is 0.220 e. The molecule has 1 aliphatic carbocycles. The molecule has 2 atom stereocenters. The number of hydrogen-bond acceptors (Lipinski definition) is 3. The number of amides is 1. The van der Waals surface area contributed by atoms with Gasteiger partial charge in [0.1, 0.15) is 0 Å². The summed E-state index contributed by atoms with van der Waals surface area (Å²) in [5.41, 5.74) is 2.60. The standard InChI is InChI=1S/C25H33N3O/c1-27-14-16-28(17-15-27)24(22-10-6-3-7-11-22)19-26-25(29)18-23(21-12-13-21)20-8-4-2-5-9-20/h2-11,21,23-24H,12-19H2,1H3,(H,26,29). The highest BCUT2D eigenvalue weighted by molar-refractivity contribution is 5.77. The molecular formula is C25H33N3O. The largest absolute Gasteiger partial charge is 0.354 e. The van der Waals surface area contributed by atoms with Gasteiger partial charge in [-0.05, 0) is 42.9 Å². The molecule has 1 saturated carbocycles. The fraction of sp³-hybridized carbons (Fsp3) is 0.480. The molecule has 2 unspecified atom stereocenters. The Bertz CT molecular complexity index is 767. The van der Waals surface area contributed by atoms with Crippen LogP contribution in [0, 0.1) is 5.92 Å². The van der Waals surface area contributed by atoms with Crippen LogP contribution in [0.25, 0.3) is 0 Å². The van der Waals surface area contributed by atoms with Gasteiger partial charge >= 0.3 is 0 Å². The molecule has 0 aromatic heterocycles. The number of nitrogens with one attached hydrogen (secondary N) is 1. The first-order valence-electron chi connectivity index (χ1n) is 11.0. The highest BCUT2D eigenvalue weighted by atomic mass is 16.1. The highest BCUT2D eigenvalue weighted by Crippen LogP contribution is 2.44. The van der Waals surface area contributed by atoms with Crippen molar-refractivity contribution in [3.63, 3.8) is 0 Å². The Balaban J connectivity index is 1.39. The molecule has 2 fully saturated rings. The van der Waals surface area contributed by atoms with E-state index >= 15 is 0 Å². The summed E-state index contributed by atoms with van der Waals surface area (Å²) in [6, 6.07) is 21.4. The Kier molecular flexibility index (Phi) is 6.63. The Morgan fingerprint density at radius 3 is 2.10 bits per heavy atom. The van der Waals surface area contributed by atoms with Crippen LogP contribution in [0.2, 0.25) is 0 Å². The zero-order valence-corrected chi connectivity index (χ0v) is 17.5. The first kappa shape index (κ1) is 20.1. The number of carbonyl (C=O) groups excluding carboxylic acids is 1. The molecule has 2 aromatic carbocycles. The molecule has 1 saturated heterocycles. The van der Waals surface area contributed by atoms with Gasteiger partial charge in [0.05, 0.1) is 6.04 Å². The minimum Gasteiger partial charge on any atom is -0.354 e. The molecule has 2 aromatic rings. The summed E-state index contributed by atoms with van der Waals surface area (Å²) in [5.74, 6) is 1.21. The molecule has 0 spiro atoms. The van der Waals surface area contributed by atoms with Crippen LogP contribution >= 0.6 is 0 Å². The number of likely N-dealkylation sites (N-methyl/N-ethyl adjacent to an activating group) is 1. The molecule has 1 amide bonds. The Morgan fingerprint density at radius 1 is 0.931 bits per heavy atom. The zero-order valence-electron chi connectivity index (χ0n) is 17.5. The van der Waals surface area contributed by atoms with Crippen molar-refractivity contribution in [2.24, 2.45) is 5.92 Å². The number of nitrogens with zero attached hydrogens (tertiary/aromatic N) is 2. The number of piperazine rings is 1. The van der Waals surface area contributed by atoms with E-state index in [4.69, 9.17) is 0 Å². The number of rotatable bonds is 8. The van der Waals surface area contributed by atoms with Crippen molar-refractivity contribution in [1.82, 2.24) is 15.1 Å². The summed E-state index contributed by atoms with van der Waals surface area (Å²) in [4.78, 5) is 17.8. The van der Waals surface area contributed by atoms with E-state index in [1.54, 1.807) is 0 Å². The minimum absolute atomic E-state index is 0.181. The fourth-order valence-corrected chi connectivity index (χ4v) is 4.50. The molecule has 2 aliphatic rings. The van der Waals surface area contributed by atoms with Crippen molar-refractivity contribution in [3.05, 3.63) is 71.8 Å². The summed E-state index contributed by atoms with van der Waals surface area (Å²) in [5, 5.41) is 3.28. The van der Waals surface area contributed by atoms with Gasteiger partial charge < -0.3 is 10.2 Å². The van der Waals surface area contributed by atoms with Gasteiger partial charge in [-0.2, -0.15) is 0 Å². The second-order valence-electron chi connectivity index (χ2n) is 8.63. The topological polar surface area (TPSA) is 35.6 Å². The van der Waals surface area contributed by atoms with Crippen molar-refractivity contribution in [2.75, 3.05) is 39.8 Å². The van der Waals surface area contributed by atoms with Crippen LogP contribution < -0.4 is 5.32 Å². The number of carbonyl (C=O) groups is 1. The number of hydrogen-bond donors (Lipinski definition) is 1. The van der Waals surface area contributed by atoms with E-state index in [9.17, 15) is 4.79 Å². The van der Waals surface area contributed by atoms with E-state index in [2.05, 4.69) is 76.8 Å². The quantitative estimate of drug-likeness (QED) is 0.746. The lowest BCUT2D eigenvalue weighted by atomic mass is 9.90. The van der Waals surface area contributed by atoms with Gasteiger partial charge in [0.25, 0.3) is 0 Å². The molecule has 29 heavy (non-hydrogen) atoms. The summed E-state index contributed by atoms with van der Waals surface area (Å²) >= 11 is 0. The molecule has 1 N–H and O–H groups in total. The normalized spacial score (nSPS) is 20.2. The molecule has 0 bridgehead atoms. The van der Waals surface area contributed by atoms with Crippen molar-refractivity contribution >= 4 is 5.91 Å². The van der Waals surface area contributed by atoms with Crippen LogP contribution in [-0.4, -0.2) is 55.5 Å². The lowest BCUT2D eigenvalue weighted by Crippen LogP contribution is -2.48. The Labute approximate surface area is 174 Å². The van der Waals surface area contributed by atoms with Gasteiger partial charge in [0.2, 0.25) is 5.91 Å². The van der Waals surface area contributed by atoms with Crippen LogP contribution in [0.1, 0.15) is 42.3 Å². The van der Waals surface area contributed by atoms with E-state index < -0.39 is 0 Å². The van der Waals surface area contributed by atoms with E-state index in [-0.39, 0.29) is 11.9 Å². The SMILES string of the molecule is CN1CCN(C(CNC(=O)CC(c2ccccc2)C2CC2)c2ccccc2)CC1. The predicted molar refractivity (Wildman–Crippen MR) is 118 cm³/mol. The third-order valence-corrected chi connectivity index (χ3v) is 6.48. The molecule has 1 aliphatic heterocycles. The fourth-order valence-electron chi connectivity index (χ4n) is 4.50. The highest BCUT2D eigenvalue weighted by Gasteiger charge is 2.34. The molecule has 154 valence electrons. The summed E-state index contributed by atoms with van der Waals surface area (Å²) in [6.07, 6.45) is 3.10. The van der Waals surface area contributed by atoms with E-state index in [1.165, 1.54) is 24.0 Å². The van der Waals surface area contributed by atoms with Crippen LogP contribution in [0.3, 0.4) is 0 Å². The monoisotopic (exact) mass is 391 g/mol. The Morgan fingerprint density at radius 2 is 1.52 bits per heavy atom. The average Bonchev–Trinajstić information content (AvgIpc) is 3.60. The summed E-state index contributed by atoms with van der Waals surface area (Å²) in [7, 11) is 2.18. The van der Waals surface area contributed by atoms with E-state index in [1.807, 2.05) is 6.07 Å². The van der Waals surface area contributed by atoms with E-state index in [0.717, 1.165) is 26.2 Å². The summed E-state index contributed by atoms with van der Waals surface area (Å²) in [6.45, 7) is 4.92. The predicted octanol–water partition coefficient (Wildman–Crippen LogP) is 3.68. The number of benzene rings is 2. The first-order chi connectivity index (χ1) is 14.2. The van der Waals surface area contributed by atoms with Gasteiger partial charge in [0.15, 0.2) is 0 Å². The lowest BCUT2D eigenvalue weighted by molar-refractivity contribution is -0.121. The van der Waals surface area contributed by atoms with Gasteiger partial charge in [-0.15, -0.1) is 0 Å². The van der Waals surface area contributed by atoms with Crippen LogP contribution in [-0.2, 0) is 4.79 Å². The third-order valence-electron chi connectivity index (χ3n) is 6.48. The van der Waals surface area contributed by atoms with Gasteiger partial charge in [-0.3, -0.25) is 9.69 Å². The van der Waals surface area contributed by atoms with E-state index in [0.29, 0.717) is 24.8 Å². The van der Waals surface area contributed by atoms with Gasteiger partial charge in [-0.1, -0.05) is 60.7 Å². The average molecular weight is 392 g/mol. The lowest BCUT2D eigenvalue weighted by Gasteiger charge is -2.38. The molecule has 1 heterocycles. The van der Waals surface area contributed by atoms with Crippen LogP contribution in [0.15, 0.2) is 60.7 Å². The van der Waals surface area contributed by atoms with Crippen molar-refractivity contribution in [1.29, 1.82) is 0 Å². The van der Waals surface area contributed by atoms with Crippen molar-refractivity contribution < 1.29 is 4.79 Å². The maximum absolute atomic E-state index is 12.9. The molecular weight excluding hydrogens is 358 g/mol. The van der Waals surface area contributed by atoms with Crippen LogP contribution in [0.5, 0.6) is 0 Å². The molecule has 0 radical (unpaired) electrons. The minimum atomic E-state index is 0.181. The zero-order chi connectivity index (χ0) is 20.1. The maximum atomic E-state index is 12.9. The second-order valence-corrected chi connectivity index (χ2v) is 8.63. The van der Waals surface area contributed by atoms with Gasteiger partial charge in [0, 0.05) is 39.1 Å². The smallest absolute Gasteiger partial charge is 0.220 e. The van der Waals surface area contributed by atoms with Crippen molar-refractivity contribution in [2.45, 2.75) is 31.2 Å². The van der Waals surface area contributed by atoms with Crippen molar-refractivity contribution in [3.8, 4) is 0 Å².